The topological polar surface area (TPSA) is 66.8 Å². The molecule has 20 heavy (non-hydrogen) atoms. The van der Waals surface area contributed by atoms with Crippen molar-refractivity contribution in [2.24, 2.45) is 0 Å². The lowest BCUT2D eigenvalue weighted by Gasteiger charge is -2.24. The summed E-state index contributed by atoms with van der Waals surface area (Å²) < 4.78 is 4.94. The number of rotatable bonds is 4. The number of phenolic OH excluding ortho intramolecular Hbond substituents is 1. The molecule has 1 aromatic carbocycles. The molecule has 1 aromatic rings. The van der Waals surface area contributed by atoms with Crippen molar-refractivity contribution in [2.75, 3.05) is 13.2 Å². The maximum Gasteiger partial charge on any atom is 0.338 e. The van der Waals surface area contributed by atoms with Crippen LogP contribution in [0.3, 0.4) is 0 Å². The van der Waals surface area contributed by atoms with Gasteiger partial charge in [-0.15, -0.1) is 0 Å². The minimum Gasteiger partial charge on any atom is -0.507 e. The molecule has 1 aliphatic carbocycles. The zero-order valence-electron chi connectivity index (χ0n) is 11.9. The Kier molecular flexibility index (Phi) is 5.01. The number of aliphatic hydroxyl groups is 1. The van der Waals surface area contributed by atoms with Gasteiger partial charge < -0.3 is 14.9 Å². The maximum atomic E-state index is 11.9. The molecule has 0 aromatic heterocycles. The number of hydrogen-bond donors (Lipinski definition) is 2. The van der Waals surface area contributed by atoms with Crippen molar-refractivity contribution >= 4 is 5.97 Å². The van der Waals surface area contributed by atoms with Crippen LogP contribution >= 0.6 is 0 Å². The largest absolute Gasteiger partial charge is 0.507 e. The smallest absolute Gasteiger partial charge is 0.338 e. The average Bonchev–Trinajstić information content (AvgIpc) is 2.48. The highest BCUT2D eigenvalue weighted by molar-refractivity contribution is 5.90. The van der Waals surface area contributed by atoms with Crippen LogP contribution in [0.5, 0.6) is 5.75 Å². The third-order valence-corrected chi connectivity index (χ3v) is 3.94. The zero-order chi connectivity index (χ0) is 14.5. The van der Waals surface area contributed by atoms with Gasteiger partial charge in [0, 0.05) is 0 Å². The highest BCUT2D eigenvalue weighted by atomic mass is 16.5. The second-order valence-electron chi connectivity index (χ2n) is 5.43. The Balaban J connectivity index is 2.26. The third kappa shape index (κ3) is 3.31. The lowest BCUT2D eigenvalue weighted by atomic mass is 9.82. The lowest BCUT2D eigenvalue weighted by Crippen LogP contribution is -2.11. The predicted octanol–water partition coefficient (Wildman–Crippen LogP) is 2.90. The average molecular weight is 278 g/mol. The van der Waals surface area contributed by atoms with Crippen LogP contribution in [0.4, 0.5) is 0 Å². The second kappa shape index (κ2) is 6.75. The minimum atomic E-state index is -0.445. The standard InChI is InChI=1S/C16H22O4/c1-11-9-13(16(19)20-8-7-17)10-14(15(11)18)12-5-3-2-4-6-12/h9-10,12,17-18H,2-8H2,1H3. The molecule has 0 amide bonds. The second-order valence-corrected chi connectivity index (χ2v) is 5.43. The maximum absolute atomic E-state index is 11.9. The number of esters is 1. The number of aryl methyl sites for hydroxylation is 1. The Bertz CT molecular complexity index is 476. The molecule has 1 fully saturated rings. The molecule has 1 saturated carbocycles. The van der Waals surface area contributed by atoms with Gasteiger partial charge in [0.2, 0.25) is 0 Å². The Labute approximate surface area is 119 Å². The molecular weight excluding hydrogens is 256 g/mol. The molecule has 4 heteroatoms. The summed E-state index contributed by atoms with van der Waals surface area (Å²) in [6.07, 6.45) is 5.70. The fraction of sp³-hybridized carbons (Fsp3) is 0.562. The molecule has 2 rings (SSSR count). The van der Waals surface area contributed by atoms with E-state index in [1.54, 1.807) is 19.1 Å². The Morgan fingerprint density at radius 1 is 1.30 bits per heavy atom. The van der Waals surface area contributed by atoms with Crippen molar-refractivity contribution in [1.82, 2.24) is 0 Å². The first-order chi connectivity index (χ1) is 9.63. The van der Waals surface area contributed by atoms with Gasteiger partial charge in [-0.1, -0.05) is 19.3 Å². The quantitative estimate of drug-likeness (QED) is 0.831. The number of aromatic hydroxyl groups is 1. The van der Waals surface area contributed by atoms with Crippen molar-refractivity contribution in [2.45, 2.75) is 44.9 Å². The van der Waals surface area contributed by atoms with E-state index in [4.69, 9.17) is 9.84 Å². The van der Waals surface area contributed by atoms with E-state index in [2.05, 4.69) is 0 Å². The van der Waals surface area contributed by atoms with E-state index < -0.39 is 5.97 Å². The Morgan fingerprint density at radius 3 is 2.65 bits per heavy atom. The van der Waals surface area contributed by atoms with Crippen LogP contribution in [0.15, 0.2) is 12.1 Å². The van der Waals surface area contributed by atoms with E-state index >= 15 is 0 Å². The van der Waals surface area contributed by atoms with E-state index in [9.17, 15) is 9.90 Å². The number of ether oxygens (including phenoxy) is 1. The number of hydrogen-bond acceptors (Lipinski definition) is 4. The molecule has 110 valence electrons. The first-order valence-corrected chi connectivity index (χ1v) is 7.25. The number of carbonyl (C=O) groups excluding carboxylic acids is 1. The van der Waals surface area contributed by atoms with Gasteiger partial charge in [-0.05, 0) is 48.9 Å². The highest BCUT2D eigenvalue weighted by Crippen LogP contribution is 2.39. The van der Waals surface area contributed by atoms with Crippen LogP contribution in [0, 0.1) is 6.92 Å². The molecule has 0 saturated heterocycles. The van der Waals surface area contributed by atoms with Crippen molar-refractivity contribution in [3.8, 4) is 5.75 Å². The normalized spacial score (nSPS) is 16.1. The van der Waals surface area contributed by atoms with Gasteiger partial charge in [-0.25, -0.2) is 4.79 Å². The fourth-order valence-electron chi connectivity index (χ4n) is 2.87. The fourth-order valence-corrected chi connectivity index (χ4v) is 2.87. The first kappa shape index (κ1) is 14.9. The Hall–Kier alpha value is -1.55. The van der Waals surface area contributed by atoms with Crippen molar-refractivity contribution in [1.29, 1.82) is 0 Å². The summed E-state index contributed by atoms with van der Waals surface area (Å²) in [6, 6.07) is 3.39. The molecule has 4 nitrogen and oxygen atoms in total. The van der Waals surface area contributed by atoms with Gasteiger partial charge in [-0.3, -0.25) is 0 Å². The predicted molar refractivity (Wildman–Crippen MR) is 76.0 cm³/mol. The van der Waals surface area contributed by atoms with Crippen LogP contribution in [-0.2, 0) is 4.74 Å². The molecule has 0 aliphatic heterocycles. The van der Waals surface area contributed by atoms with E-state index in [1.165, 1.54) is 19.3 Å². The van der Waals surface area contributed by atoms with Crippen LogP contribution < -0.4 is 0 Å². The van der Waals surface area contributed by atoms with Gasteiger partial charge in [0.05, 0.1) is 12.2 Å². The summed E-state index contributed by atoms with van der Waals surface area (Å²) in [7, 11) is 0. The Morgan fingerprint density at radius 2 is 2.00 bits per heavy atom. The summed E-state index contributed by atoms with van der Waals surface area (Å²) >= 11 is 0. The summed E-state index contributed by atoms with van der Waals surface area (Å²) in [5, 5.41) is 18.9. The highest BCUT2D eigenvalue weighted by Gasteiger charge is 2.22. The zero-order valence-corrected chi connectivity index (χ0v) is 11.9. The monoisotopic (exact) mass is 278 g/mol. The van der Waals surface area contributed by atoms with Gasteiger partial charge >= 0.3 is 5.97 Å². The van der Waals surface area contributed by atoms with Crippen LogP contribution in [0.25, 0.3) is 0 Å². The summed E-state index contributed by atoms with van der Waals surface area (Å²) in [5.41, 5.74) is 2.01. The lowest BCUT2D eigenvalue weighted by molar-refractivity contribution is 0.0433. The third-order valence-electron chi connectivity index (χ3n) is 3.94. The SMILES string of the molecule is Cc1cc(C(=O)OCCO)cc(C2CCCCC2)c1O. The van der Waals surface area contributed by atoms with Crippen molar-refractivity contribution < 1.29 is 19.7 Å². The van der Waals surface area contributed by atoms with Gasteiger partial charge in [0.25, 0.3) is 0 Å². The molecule has 0 spiro atoms. The molecule has 1 aliphatic rings. The van der Waals surface area contributed by atoms with Crippen molar-refractivity contribution in [3.05, 3.63) is 28.8 Å². The molecule has 2 N–H and O–H groups in total. The number of aliphatic hydroxyl groups excluding tert-OH is 1. The van der Waals surface area contributed by atoms with Crippen molar-refractivity contribution in [3.63, 3.8) is 0 Å². The number of benzene rings is 1. The molecular formula is C16H22O4. The molecule has 0 bridgehead atoms. The van der Waals surface area contributed by atoms with Gasteiger partial charge in [0.1, 0.15) is 12.4 Å². The van der Waals surface area contributed by atoms with E-state index in [1.807, 2.05) is 0 Å². The summed E-state index contributed by atoms with van der Waals surface area (Å²) in [5.74, 6) is 0.183. The molecule has 0 unspecified atom stereocenters. The molecule has 0 atom stereocenters. The summed E-state index contributed by atoms with van der Waals surface area (Å²) in [6.45, 7) is 1.61. The van der Waals surface area contributed by atoms with E-state index in [0.29, 0.717) is 22.8 Å². The van der Waals surface area contributed by atoms with Crippen LogP contribution in [0.1, 0.15) is 59.5 Å². The van der Waals surface area contributed by atoms with Crippen LogP contribution in [-0.4, -0.2) is 29.4 Å². The minimum absolute atomic E-state index is 0.00246. The van der Waals surface area contributed by atoms with Gasteiger partial charge in [-0.2, -0.15) is 0 Å². The number of carbonyl (C=O) groups is 1. The van der Waals surface area contributed by atoms with E-state index in [0.717, 1.165) is 18.4 Å². The summed E-state index contributed by atoms with van der Waals surface area (Å²) in [4.78, 5) is 11.9. The van der Waals surface area contributed by atoms with Gasteiger partial charge in [0.15, 0.2) is 0 Å². The molecule has 0 radical (unpaired) electrons. The van der Waals surface area contributed by atoms with E-state index in [-0.39, 0.29) is 13.2 Å². The first-order valence-electron chi connectivity index (χ1n) is 7.25. The molecule has 0 heterocycles. The van der Waals surface area contributed by atoms with Crippen LogP contribution in [0.2, 0.25) is 0 Å². The number of phenols is 1.